The monoisotopic (exact) mass is 335 g/mol. The minimum Gasteiger partial charge on any atom is -0.476 e. The van der Waals surface area contributed by atoms with Crippen molar-refractivity contribution in [3.8, 4) is 0 Å². The van der Waals surface area contributed by atoms with Crippen molar-refractivity contribution < 1.29 is 18.3 Å². The van der Waals surface area contributed by atoms with E-state index < -0.39 is 20.9 Å². The fourth-order valence-electron chi connectivity index (χ4n) is 1.36. The molecule has 0 bridgehead atoms. The Labute approximate surface area is 121 Å². The second-order valence-electron chi connectivity index (χ2n) is 3.68. The Morgan fingerprint density at radius 1 is 1.55 bits per heavy atom. The maximum atomic E-state index is 12.0. The number of carboxylic acids is 1. The van der Waals surface area contributed by atoms with E-state index in [2.05, 4.69) is 14.7 Å². The molecule has 0 spiro atoms. The Hall–Kier alpha value is -1.56. The van der Waals surface area contributed by atoms with Crippen LogP contribution in [0.3, 0.4) is 0 Å². The molecule has 0 amide bonds. The predicted octanol–water partition coefficient (Wildman–Crippen LogP) is 0.378. The number of aromatic amines is 1. The van der Waals surface area contributed by atoms with Crippen LogP contribution in [-0.2, 0) is 16.6 Å². The second-order valence-corrected chi connectivity index (χ2v) is 7.57. The lowest BCUT2D eigenvalue weighted by molar-refractivity contribution is 0.0691. The highest BCUT2D eigenvalue weighted by atomic mass is 32.2. The summed E-state index contributed by atoms with van der Waals surface area (Å²) in [6.45, 7) is 1.35. The number of nitrogens with zero attached hydrogens (tertiary/aromatic N) is 1. The molecule has 11 heteroatoms. The van der Waals surface area contributed by atoms with Gasteiger partial charge in [0, 0.05) is 11.1 Å². The standard InChI is InChI=1S/C9H9N3O5S3/c1-4-8(19-9(15)11-4)20(16,17)10-2-6-12-5(3-18-6)7(13)14/h3,10H,2H2,1H3,(H,11,15)(H,13,14). The third-order valence-electron chi connectivity index (χ3n) is 2.21. The first kappa shape index (κ1) is 14.8. The lowest BCUT2D eigenvalue weighted by Gasteiger charge is -2.02. The molecule has 2 heterocycles. The summed E-state index contributed by atoms with van der Waals surface area (Å²) in [6.07, 6.45) is 0. The van der Waals surface area contributed by atoms with Gasteiger partial charge in [-0.1, -0.05) is 11.3 Å². The molecule has 0 atom stereocenters. The van der Waals surface area contributed by atoms with E-state index in [-0.39, 0.29) is 22.1 Å². The molecular weight excluding hydrogens is 326 g/mol. The van der Waals surface area contributed by atoms with Gasteiger partial charge >= 0.3 is 10.8 Å². The van der Waals surface area contributed by atoms with Crippen molar-refractivity contribution in [2.24, 2.45) is 0 Å². The number of H-pyrrole nitrogens is 1. The minimum absolute atomic E-state index is 0.0856. The van der Waals surface area contributed by atoms with Gasteiger partial charge in [-0.25, -0.2) is 22.9 Å². The van der Waals surface area contributed by atoms with Gasteiger partial charge in [-0.2, -0.15) is 0 Å². The zero-order valence-corrected chi connectivity index (χ0v) is 12.5. The topological polar surface area (TPSA) is 129 Å². The molecule has 0 aromatic carbocycles. The molecule has 20 heavy (non-hydrogen) atoms. The van der Waals surface area contributed by atoms with Gasteiger partial charge in [0.05, 0.1) is 6.54 Å². The first-order valence-corrected chi connectivity index (χ1v) is 8.34. The zero-order valence-electron chi connectivity index (χ0n) is 10.0. The van der Waals surface area contributed by atoms with Crippen molar-refractivity contribution in [2.45, 2.75) is 17.7 Å². The lowest BCUT2D eigenvalue weighted by Crippen LogP contribution is -2.23. The summed E-state index contributed by atoms with van der Waals surface area (Å²) in [7, 11) is -3.82. The van der Waals surface area contributed by atoms with Crippen LogP contribution in [0, 0.1) is 6.92 Å². The number of nitrogens with one attached hydrogen (secondary N) is 2. The maximum absolute atomic E-state index is 12.0. The predicted molar refractivity (Wildman–Crippen MR) is 72.8 cm³/mol. The third kappa shape index (κ3) is 3.12. The second kappa shape index (κ2) is 5.44. The molecule has 0 saturated carbocycles. The van der Waals surface area contributed by atoms with Crippen LogP contribution in [0.25, 0.3) is 0 Å². The summed E-state index contributed by atoms with van der Waals surface area (Å²) in [6, 6.07) is 0. The molecule has 0 aliphatic rings. The van der Waals surface area contributed by atoms with Crippen LogP contribution >= 0.6 is 22.7 Å². The van der Waals surface area contributed by atoms with Crippen LogP contribution in [0.15, 0.2) is 14.4 Å². The number of thiazole rings is 2. The maximum Gasteiger partial charge on any atom is 0.355 e. The van der Waals surface area contributed by atoms with E-state index in [1.54, 1.807) is 0 Å². The van der Waals surface area contributed by atoms with Gasteiger partial charge in [-0.3, -0.25) is 4.79 Å². The molecule has 8 nitrogen and oxygen atoms in total. The number of aromatic nitrogens is 2. The summed E-state index contributed by atoms with van der Waals surface area (Å²) >= 11 is 1.63. The number of carboxylic acid groups (broad SMARTS) is 1. The Morgan fingerprint density at radius 3 is 2.75 bits per heavy atom. The highest BCUT2D eigenvalue weighted by Gasteiger charge is 2.21. The van der Waals surface area contributed by atoms with Gasteiger partial charge in [-0.05, 0) is 6.92 Å². The number of aryl methyl sites for hydroxylation is 1. The average molecular weight is 335 g/mol. The third-order valence-corrected chi connectivity index (χ3v) is 6.06. The van der Waals surface area contributed by atoms with E-state index >= 15 is 0 Å². The molecule has 108 valence electrons. The summed E-state index contributed by atoms with van der Waals surface area (Å²) in [4.78, 5) is 27.4. The fraction of sp³-hybridized carbons (Fsp3) is 0.222. The van der Waals surface area contributed by atoms with E-state index in [1.165, 1.54) is 12.3 Å². The normalized spacial score (nSPS) is 11.7. The molecule has 2 aromatic rings. The van der Waals surface area contributed by atoms with Crippen LogP contribution in [0.1, 0.15) is 21.2 Å². The van der Waals surface area contributed by atoms with E-state index in [4.69, 9.17) is 5.11 Å². The zero-order chi connectivity index (χ0) is 14.9. The SMILES string of the molecule is Cc1[nH]c(=O)sc1S(=O)(=O)NCc1nc(C(=O)O)cs1. The van der Waals surface area contributed by atoms with Crippen molar-refractivity contribution in [1.82, 2.24) is 14.7 Å². The van der Waals surface area contributed by atoms with Gasteiger partial charge in [0.25, 0.3) is 10.0 Å². The van der Waals surface area contributed by atoms with E-state index in [1.807, 2.05) is 0 Å². The Balaban J connectivity index is 2.15. The van der Waals surface area contributed by atoms with Crippen LogP contribution < -0.4 is 9.60 Å². The number of aromatic carboxylic acids is 1. The molecule has 3 N–H and O–H groups in total. The number of hydrogen-bond donors (Lipinski definition) is 3. The number of carbonyl (C=O) groups is 1. The van der Waals surface area contributed by atoms with Crippen molar-refractivity contribution in [1.29, 1.82) is 0 Å². The summed E-state index contributed by atoms with van der Waals surface area (Å²) in [5, 5.41) is 10.4. The van der Waals surface area contributed by atoms with Gasteiger partial charge in [0.15, 0.2) is 9.90 Å². The Kier molecular flexibility index (Phi) is 4.04. The summed E-state index contributed by atoms with van der Waals surface area (Å²) in [5.41, 5.74) is 0.129. The van der Waals surface area contributed by atoms with E-state index in [0.717, 1.165) is 11.3 Å². The molecule has 0 unspecified atom stereocenters. The number of rotatable bonds is 5. The molecule has 0 aliphatic carbocycles. The van der Waals surface area contributed by atoms with Crippen molar-refractivity contribution in [2.75, 3.05) is 0 Å². The van der Waals surface area contributed by atoms with Crippen LogP contribution in [0.2, 0.25) is 0 Å². The van der Waals surface area contributed by atoms with Crippen molar-refractivity contribution >= 4 is 38.7 Å². The minimum atomic E-state index is -3.82. The van der Waals surface area contributed by atoms with Crippen molar-refractivity contribution in [3.63, 3.8) is 0 Å². The Morgan fingerprint density at radius 2 is 2.25 bits per heavy atom. The van der Waals surface area contributed by atoms with Gasteiger partial charge < -0.3 is 10.1 Å². The summed E-state index contributed by atoms with van der Waals surface area (Å²) < 4.78 is 26.2. The lowest BCUT2D eigenvalue weighted by atomic mass is 10.5. The molecule has 0 saturated heterocycles. The summed E-state index contributed by atoms with van der Waals surface area (Å²) in [5.74, 6) is -1.17. The van der Waals surface area contributed by atoms with E-state index in [9.17, 15) is 18.0 Å². The molecular formula is C9H9N3O5S3. The van der Waals surface area contributed by atoms with Crippen LogP contribution in [0.5, 0.6) is 0 Å². The highest BCUT2D eigenvalue weighted by molar-refractivity contribution is 7.91. The first-order chi connectivity index (χ1) is 9.29. The molecule has 0 fully saturated rings. The average Bonchev–Trinajstić information content (AvgIpc) is 2.93. The largest absolute Gasteiger partial charge is 0.476 e. The van der Waals surface area contributed by atoms with Gasteiger partial charge in [-0.15, -0.1) is 11.3 Å². The molecule has 0 radical (unpaired) electrons. The fourth-order valence-corrected chi connectivity index (χ4v) is 4.49. The van der Waals surface area contributed by atoms with Gasteiger partial charge in [0.1, 0.15) is 5.01 Å². The highest BCUT2D eigenvalue weighted by Crippen LogP contribution is 2.16. The molecule has 0 aliphatic heterocycles. The molecule has 2 rings (SSSR count). The quantitative estimate of drug-likeness (QED) is 0.724. The number of sulfonamides is 1. The van der Waals surface area contributed by atoms with Crippen LogP contribution in [0.4, 0.5) is 0 Å². The first-order valence-electron chi connectivity index (χ1n) is 5.16. The smallest absolute Gasteiger partial charge is 0.355 e. The Bertz CT molecular complexity index is 801. The van der Waals surface area contributed by atoms with Gasteiger partial charge in [0.2, 0.25) is 0 Å². The number of hydrogen-bond acceptors (Lipinski definition) is 7. The van der Waals surface area contributed by atoms with E-state index in [0.29, 0.717) is 16.3 Å². The molecule has 2 aromatic heterocycles. The van der Waals surface area contributed by atoms with Crippen molar-refractivity contribution in [3.05, 3.63) is 31.4 Å². The van der Waals surface area contributed by atoms with Crippen LogP contribution in [-0.4, -0.2) is 29.5 Å².